The normalized spacial score (nSPS) is 13.7. The van der Waals surface area contributed by atoms with Crippen molar-refractivity contribution in [2.24, 2.45) is 0 Å². The number of benzene rings is 1. The number of halogens is 3. The van der Waals surface area contributed by atoms with Gasteiger partial charge < -0.3 is 0 Å². The van der Waals surface area contributed by atoms with Crippen LogP contribution < -0.4 is 0 Å². The Hall–Kier alpha value is -0.860. The average molecular weight is 250 g/mol. The van der Waals surface area contributed by atoms with Crippen LogP contribution in [0.2, 0.25) is 0 Å². The van der Waals surface area contributed by atoms with Crippen molar-refractivity contribution < 1.29 is 13.2 Å². The molecule has 0 amide bonds. The largest absolute Gasteiger partial charge is 0.388 e. The van der Waals surface area contributed by atoms with Gasteiger partial charge in [0, 0.05) is 6.42 Å². The van der Waals surface area contributed by atoms with E-state index in [1.165, 1.54) is 0 Å². The van der Waals surface area contributed by atoms with Gasteiger partial charge in [-0.2, -0.15) is 13.2 Å². The topological polar surface area (TPSA) is 0 Å². The van der Waals surface area contributed by atoms with Crippen molar-refractivity contribution in [2.75, 3.05) is 0 Å². The lowest BCUT2D eigenvalue weighted by molar-refractivity contribution is -0.137. The third-order valence-corrected chi connectivity index (χ3v) is 2.78. The quantitative estimate of drug-likeness (QED) is 0.705. The van der Waals surface area contributed by atoms with Crippen molar-refractivity contribution in [3.63, 3.8) is 0 Å². The zero-order valence-electron chi connectivity index (χ0n) is 10.8. The molecule has 0 aromatic heterocycles. The average Bonchev–Trinajstić information content (AvgIpc) is 2.13. The van der Waals surface area contributed by atoms with E-state index in [0.29, 0.717) is 0 Å². The molecule has 0 fully saturated rings. The molecule has 0 aliphatic rings. The van der Waals surface area contributed by atoms with Crippen LogP contribution in [0.25, 0.3) is 0 Å². The zero-order chi connectivity index (χ0) is 14.2. The van der Waals surface area contributed by atoms with Crippen molar-refractivity contribution >= 4 is 15.7 Å². The molecule has 0 aliphatic heterocycles. The monoisotopic (exact) mass is 250 g/mol. The van der Waals surface area contributed by atoms with Gasteiger partial charge in [0.15, 0.2) is 0 Å². The molecule has 0 spiro atoms. The van der Waals surface area contributed by atoms with E-state index < -0.39 is 17.8 Å². The minimum atomic E-state index is -4.38. The molecule has 4 radical (unpaired) electrons. The fourth-order valence-electron chi connectivity index (χ4n) is 1.71. The second-order valence-electron chi connectivity index (χ2n) is 5.66. The summed E-state index contributed by atoms with van der Waals surface area (Å²) in [7, 11) is 11.1. The Balaban J connectivity index is 2.98. The molecule has 0 bridgehead atoms. The molecule has 0 N–H and O–H groups in total. The van der Waals surface area contributed by atoms with Gasteiger partial charge in [-0.25, -0.2) is 0 Å². The minimum absolute atomic E-state index is 0.0611. The summed E-state index contributed by atoms with van der Waals surface area (Å²) in [6.07, 6.45) is -5.62. The van der Waals surface area contributed by atoms with Crippen LogP contribution >= 0.6 is 0 Å². The Morgan fingerprint density at radius 2 is 1.28 bits per heavy atom. The van der Waals surface area contributed by atoms with Crippen LogP contribution in [0.4, 0.5) is 13.2 Å². The van der Waals surface area contributed by atoms with Crippen molar-refractivity contribution in [1.29, 1.82) is 0 Å². The fourth-order valence-corrected chi connectivity index (χ4v) is 1.71. The molecule has 0 atom stereocenters. The Bertz CT molecular complexity index is 400. The highest BCUT2D eigenvalue weighted by molar-refractivity contribution is 6.40. The van der Waals surface area contributed by atoms with E-state index in [-0.39, 0.29) is 11.0 Å². The predicted molar refractivity (Wildman–Crippen MR) is 69.0 cm³/mol. The molecule has 5 heteroatoms. The van der Waals surface area contributed by atoms with Gasteiger partial charge >= 0.3 is 6.18 Å². The molecule has 1 rings (SSSR count). The summed E-state index contributed by atoms with van der Waals surface area (Å²) in [6.45, 7) is 6.07. The van der Waals surface area contributed by atoms with Crippen LogP contribution in [0.15, 0.2) is 24.3 Å². The molecular weight excluding hydrogens is 235 g/mol. The van der Waals surface area contributed by atoms with Crippen LogP contribution in [-0.4, -0.2) is 21.9 Å². The van der Waals surface area contributed by atoms with Gasteiger partial charge in [-0.05, 0) is 11.0 Å². The first-order chi connectivity index (χ1) is 7.92. The Kier molecular flexibility index (Phi) is 3.94. The first-order valence-electron chi connectivity index (χ1n) is 5.67. The maximum Gasteiger partial charge on any atom is 0.388 e. The van der Waals surface area contributed by atoms with E-state index in [4.69, 9.17) is 15.7 Å². The van der Waals surface area contributed by atoms with E-state index in [0.717, 1.165) is 5.56 Å². The smallest absolute Gasteiger partial charge is 0.171 e. The third kappa shape index (κ3) is 4.11. The highest BCUT2D eigenvalue weighted by Crippen LogP contribution is 2.33. The summed E-state index contributed by atoms with van der Waals surface area (Å²) in [6, 6.07) is 6.65. The maximum atomic E-state index is 12.3. The highest BCUT2D eigenvalue weighted by Gasteiger charge is 2.36. The van der Waals surface area contributed by atoms with Crippen molar-refractivity contribution in [1.82, 2.24) is 0 Å². The molecule has 1 aromatic rings. The van der Waals surface area contributed by atoms with E-state index in [1.807, 2.05) is 20.8 Å². The molecule has 0 aliphatic carbocycles. The predicted octanol–water partition coefficient (Wildman–Crippen LogP) is 3.43. The Morgan fingerprint density at radius 1 is 0.889 bits per heavy atom. The van der Waals surface area contributed by atoms with Crippen LogP contribution in [0.5, 0.6) is 0 Å². The van der Waals surface area contributed by atoms with Gasteiger partial charge in [0.05, 0.1) is 15.7 Å². The first-order valence-corrected chi connectivity index (χ1v) is 5.67. The van der Waals surface area contributed by atoms with Gasteiger partial charge in [0.1, 0.15) is 0 Å². The van der Waals surface area contributed by atoms with Crippen LogP contribution in [0.3, 0.4) is 0 Å². The number of hydrogen-bond acceptors (Lipinski definition) is 0. The summed E-state index contributed by atoms with van der Waals surface area (Å²) in [5.74, 6) is 0. The van der Waals surface area contributed by atoms with Gasteiger partial charge in [0.25, 0.3) is 0 Å². The van der Waals surface area contributed by atoms with Gasteiger partial charge in [-0.3, -0.25) is 0 Å². The molecule has 0 heterocycles. The summed E-state index contributed by atoms with van der Waals surface area (Å²) < 4.78 is 37.0. The first kappa shape index (κ1) is 15.2. The third-order valence-electron chi connectivity index (χ3n) is 2.78. The Labute approximate surface area is 109 Å². The van der Waals surface area contributed by atoms with E-state index in [2.05, 4.69) is 0 Å². The van der Waals surface area contributed by atoms with Crippen LogP contribution in [0.1, 0.15) is 38.3 Å². The lowest BCUT2D eigenvalue weighted by Gasteiger charge is -2.28. The fraction of sp³-hybridized carbons (Fsp3) is 0.538. The van der Waals surface area contributed by atoms with Gasteiger partial charge in [-0.15, -0.1) is 0 Å². The SMILES string of the molecule is [B]C([B])(CC(F)(F)F)c1ccc(C(C)(C)C)cc1. The van der Waals surface area contributed by atoms with Gasteiger partial charge in [0.2, 0.25) is 0 Å². The number of hydrogen-bond donors (Lipinski definition) is 0. The summed E-state index contributed by atoms with van der Waals surface area (Å²) in [4.78, 5) is 0. The number of alkyl halides is 3. The molecule has 18 heavy (non-hydrogen) atoms. The van der Waals surface area contributed by atoms with E-state index in [9.17, 15) is 13.2 Å². The Morgan fingerprint density at radius 3 is 1.61 bits per heavy atom. The van der Waals surface area contributed by atoms with E-state index in [1.54, 1.807) is 24.3 Å². The molecule has 1 aromatic carbocycles. The van der Waals surface area contributed by atoms with Crippen molar-refractivity contribution in [3.8, 4) is 0 Å². The summed E-state index contributed by atoms with van der Waals surface area (Å²) in [5.41, 5.74) is 1.25. The van der Waals surface area contributed by atoms with Crippen LogP contribution in [-0.2, 0) is 10.6 Å². The minimum Gasteiger partial charge on any atom is -0.171 e. The molecule has 94 valence electrons. The molecular formula is C13H15B2F3. The van der Waals surface area contributed by atoms with Gasteiger partial charge in [-0.1, -0.05) is 55.8 Å². The lowest BCUT2D eigenvalue weighted by atomic mass is 9.49. The molecule has 0 unspecified atom stereocenters. The zero-order valence-corrected chi connectivity index (χ0v) is 10.8. The summed E-state index contributed by atoms with van der Waals surface area (Å²) >= 11 is 0. The molecule has 0 saturated heterocycles. The summed E-state index contributed by atoms with van der Waals surface area (Å²) in [5, 5.41) is -1.88. The van der Waals surface area contributed by atoms with Crippen molar-refractivity contribution in [2.45, 2.75) is 44.0 Å². The number of rotatable bonds is 2. The standard InChI is InChI=1S/C13H15B2F3/c1-11(2,3)9-4-6-10(7-5-9)12(14,15)8-13(16,17)18/h4-7H,8H2,1-3H3. The lowest BCUT2D eigenvalue weighted by Crippen LogP contribution is -2.33. The maximum absolute atomic E-state index is 12.3. The second kappa shape index (κ2) is 4.67. The molecule has 0 nitrogen and oxygen atoms in total. The van der Waals surface area contributed by atoms with E-state index >= 15 is 0 Å². The van der Waals surface area contributed by atoms with Crippen LogP contribution in [0, 0.1) is 0 Å². The van der Waals surface area contributed by atoms with Crippen molar-refractivity contribution in [3.05, 3.63) is 35.4 Å². The second-order valence-corrected chi connectivity index (χ2v) is 5.66. The molecule has 0 saturated carbocycles. The highest BCUT2D eigenvalue weighted by atomic mass is 19.4.